The van der Waals surface area contributed by atoms with Crippen molar-refractivity contribution in [3.05, 3.63) is 64.7 Å². The minimum Gasteiger partial charge on any atom is -0.497 e. The minimum atomic E-state index is 0.151. The van der Waals surface area contributed by atoms with Gasteiger partial charge in [0.15, 0.2) is 0 Å². The van der Waals surface area contributed by atoms with Crippen molar-refractivity contribution in [2.75, 3.05) is 33.3 Å². The average Bonchev–Trinajstić information content (AvgIpc) is 2.76. The maximum absolute atomic E-state index is 6.10. The Kier molecular flexibility index (Phi) is 11.2. The highest BCUT2D eigenvalue weighted by molar-refractivity contribution is 6.30. The molecule has 160 valence electrons. The number of methoxy groups -OCH3 is 1. The molecule has 3 nitrogen and oxygen atoms in total. The molecule has 0 radical (unpaired) electrons. The minimum absolute atomic E-state index is 0.151. The van der Waals surface area contributed by atoms with Gasteiger partial charge in [-0.3, -0.25) is 0 Å². The summed E-state index contributed by atoms with van der Waals surface area (Å²) in [5.74, 6) is 0.881. The summed E-state index contributed by atoms with van der Waals surface area (Å²) < 4.78 is 5.32. The van der Waals surface area contributed by atoms with Gasteiger partial charge in [-0.15, -0.1) is 0 Å². The lowest BCUT2D eigenvalue weighted by atomic mass is 9.98. The smallest absolute Gasteiger partial charge is 0.118 e. The Bertz CT molecular complexity index is 664. The van der Waals surface area contributed by atoms with E-state index in [-0.39, 0.29) is 6.04 Å². The monoisotopic (exact) mass is 416 g/mol. The Morgan fingerprint density at radius 2 is 1.34 bits per heavy atom. The topological polar surface area (TPSA) is 24.5 Å². The number of benzene rings is 2. The van der Waals surface area contributed by atoms with Crippen LogP contribution in [-0.4, -0.2) is 38.2 Å². The maximum Gasteiger partial charge on any atom is 0.118 e. The fourth-order valence-corrected chi connectivity index (χ4v) is 3.65. The highest BCUT2D eigenvalue weighted by atomic mass is 35.5. The second-order valence-electron chi connectivity index (χ2n) is 7.61. The number of hydrogen-bond donors (Lipinski definition) is 1. The normalized spacial score (nSPS) is 12.3. The van der Waals surface area contributed by atoms with Crippen molar-refractivity contribution in [3.8, 4) is 5.75 Å². The summed E-state index contributed by atoms with van der Waals surface area (Å²) in [4.78, 5) is 2.62. The van der Waals surface area contributed by atoms with Gasteiger partial charge < -0.3 is 15.0 Å². The van der Waals surface area contributed by atoms with Gasteiger partial charge in [0.2, 0.25) is 0 Å². The summed E-state index contributed by atoms with van der Waals surface area (Å²) in [7, 11) is 1.70. The molecular formula is C25H37ClN2O. The standard InChI is InChI=1S/C25H37ClN2O/c1-4-6-18-28(19-7-5-2)20-8-17-27-25(21-9-13-23(26)14-10-21)22-11-15-24(29-3)16-12-22/h9-16,25,27H,4-8,17-20H2,1-3H3/t25-/m0/s1. The van der Waals surface area contributed by atoms with Crippen LogP contribution in [0, 0.1) is 0 Å². The number of nitrogens with zero attached hydrogens (tertiary/aromatic N) is 1. The highest BCUT2D eigenvalue weighted by Crippen LogP contribution is 2.25. The fraction of sp³-hybridized carbons (Fsp3) is 0.520. The molecule has 0 aliphatic heterocycles. The molecule has 0 heterocycles. The molecule has 0 fully saturated rings. The van der Waals surface area contributed by atoms with E-state index in [0.29, 0.717) is 0 Å². The van der Waals surface area contributed by atoms with Gasteiger partial charge in [0.1, 0.15) is 5.75 Å². The molecule has 0 unspecified atom stereocenters. The molecule has 0 amide bonds. The van der Waals surface area contributed by atoms with Crippen LogP contribution in [0.1, 0.15) is 63.1 Å². The summed E-state index contributed by atoms with van der Waals surface area (Å²) in [6, 6.07) is 16.6. The summed E-state index contributed by atoms with van der Waals surface area (Å²) >= 11 is 6.10. The zero-order valence-corrected chi connectivity index (χ0v) is 19.0. The van der Waals surface area contributed by atoms with E-state index in [1.165, 1.54) is 49.9 Å². The summed E-state index contributed by atoms with van der Waals surface area (Å²) in [5, 5.41) is 4.53. The molecule has 0 saturated carbocycles. The van der Waals surface area contributed by atoms with Gasteiger partial charge in [-0.1, -0.05) is 62.6 Å². The zero-order chi connectivity index (χ0) is 20.9. The van der Waals surface area contributed by atoms with E-state index in [9.17, 15) is 0 Å². The molecule has 29 heavy (non-hydrogen) atoms. The first kappa shape index (κ1) is 23.7. The van der Waals surface area contributed by atoms with Crippen LogP contribution < -0.4 is 10.1 Å². The molecule has 0 aliphatic rings. The van der Waals surface area contributed by atoms with Gasteiger partial charge in [0, 0.05) is 5.02 Å². The molecule has 0 spiro atoms. The fourth-order valence-electron chi connectivity index (χ4n) is 3.53. The Morgan fingerprint density at radius 3 is 1.86 bits per heavy atom. The molecule has 4 heteroatoms. The third-order valence-electron chi connectivity index (χ3n) is 5.31. The van der Waals surface area contributed by atoms with Crippen molar-refractivity contribution in [3.63, 3.8) is 0 Å². The second-order valence-corrected chi connectivity index (χ2v) is 8.05. The van der Waals surface area contributed by atoms with E-state index in [2.05, 4.69) is 48.3 Å². The van der Waals surface area contributed by atoms with E-state index >= 15 is 0 Å². The molecule has 0 bridgehead atoms. The molecule has 0 aliphatic carbocycles. The molecule has 0 saturated heterocycles. The Morgan fingerprint density at radius 1 is 0.828 bits per heavy atom. The number of rotatable bonds is 14. The van der Waals surface area contributed by atoms with Crippen LogP contribution in [0.15, 0.2) is 48.5 Å². The Balaban J connectivity index is 1.98. The second kappa shape index (κ2) is 13.6. The molecule has 0 aromatic heterocycles. The third-order valence-corrected chi connectivity index (χ3v) is 5.56. The first-order valence-electron chi connectivity index (χ1n) is 11.0. The summed E-state index contributed by atoms with van der Waals surface area (Å²) in [6.45, 7) is 9.11. The number of unbranched alkanes of at least 4 members (excludes halogenated alkanes) is 2. The van der Waals surface area contributed by atoms with E-state index in [1.807, 2.05) is 24.3 Å². The van der Waals surface area contributed by atoms with Crippen LogP contribution >= 0.6 is 11.6 Å². The molecular weight excluding hydrogens is 380 g/mol. The van der Waals surface area contributed by atoms with Crippen molar-refractivity contribution in [2.24, 2.45) is 0 Å². The SMILES string of the molecule is CCCCN(CCCC)CCCN[C@@H](c1ccc(Cl)cc1)c1ccc(OC)cc1. The lowest BCUT2D eigenvalue weighted by Crippen LogP contribution is -2.31. The summed E-state index contributed by atoms with van der Waals surface area (Å²) in [6.07, 6.45) is 6.24. The number of halogens is 1. The Hall–Kier alpha value is -1.55. The van der Waals surface area contributed by atoms with Crippen molar-refractivity contribution in [2.45, 2.75) is 52.0 Å². The van der Waals surface area contributed by atoms with E-state index in [4.69, 9.17) is 16.3 Å². The van der Waals surface area contributed by atoms with Crippen molar-refractivity contribution in [1.29, 1.82) is 0 Å². The van der Waals surface area contributed by atoms with Gasteiger partial charge >= 0.3 is 0 Å². The number of ether oxygens (including phenoxy) is 1. The van der Waals surface area contributed by atoms with Gasteiger partial charge in [0.25, 0.3) is 0 Å². The lowest BCUT2D eigenvalue weighted by molar-refractivity contribution is 0.260. The molecule has 2 aromatic rings. The predicted molar refractivity (Wildman–Crippen MR) is 125 cm³/mol. The first-order chi connectivity index (χ1) is 14.2. The van der Waals surface area contributed by atoms with Crippen LogP contribution in [0.4, 0.5) is 0 Å². The van der Waals surface area contributed by atoms with Crippen molar-refractivity contribution < 1.29 is 4.74 Å². The van der Waals surface area contributed by atoms with Gasteiger partial charge in [-0.05, 0) is 80.8 Å². The van der Waals surface area contributed by atoms with E-state index in [0.717, 1.165) is 30.3 Å². The maximum atomic E-state index is 6.10. The zero-order valence-electron chi connectivity index (χ0n) is 18.3. The highest BCUT2D eigenvalue weighted by Gasteiger charge is 2.14. The predicted octanol–water partition coefficient (Wildman–Crippen LogP) is 6.32. The lowest BCUT2D eigenvalue weighted by Gasteiger charge is -2.24. The van der Waals surface area contributed by atoms with E-state index in [1.54, 1.807) is 7.11 Å². The number of hydrogen-bond acceptors (Lipinski definition) is 3. The third kappa shape index (κ3) is 8.38. The van der Waals surface area contributed by atoms with Crippen LogP contribution in [0.5, 0.6) is 5.75 Å². The van der Waals surface area contributed by atoms with Crippen molar-refractivity contribution >= 4 is 11.6 Å². The van der Waals surface area contributed by atoms with Gasteiger partial charge in [-0.25, -0.2) is 0 Å². The summed E-state index contributed by atoms with van der Waals surface area (Å²) in [5.41, 5.74) is 2.47. The van der Waals surface area contributed by atoms with Gasteiger partial charge in [-0.2, -0.15) is 0 Å². The van der Waals surface area contributed by atoms with Crippen molar-refractivity contribution in [1.82, 2.24) is 10.2 Å². The van der Waals surface area contributed by atoms with Crippen LogP contribution in [0.2, 0.25) is 5.02 Å². The molecule has 2 rings (SSSR count). The number of nitrogens with one attached hydrogen (secondary N) is 1. The Labute approximate surface area is 182 Å². The molecule has 2 aromatic carbocycles. The average molecular weight is 417 g/mol. The van der Waals surface area contributed by atoms with E-state index < -0.39 is 0 Å². The molecule has 1 atom stereocenters. The van der Waals surface area contributed by atoms with Crippen LogP contribution in [-0.2, 0) is 0 Å². The molecule has 1 N–H and O–H groups in total. The quantitative estimate of drug-likeness (QED) is 0.364. The van der Waals surface area contributed by atoms with Gasteiger partial charge in [0.05, 0.1) is 13.2 Å². The van der Waals surface area contributed by atoms with Crippen LogP contribution in [0.25, 0.3) is 0 Å². The largest absolute Gasteiger partial charge is 0.497 e. The first-order valence-corrected chi connectivity index (χ1v) is 11.4. The van der Waals surface area contributed by atoms with Crippen LogP contribution in [0.3, 0.4) is 0 Å².